The van der Waals surface area contributed by atoms with E-state index in [4.69, 9.17) is 27.9 Å². The van der Waals surface area contributed by atoms with E-state index in [1.807, 2.05) is 0 Å². The zero-order valence-corrected chi connectivity index (χ0v) is 24.5. The van der Waals surface area contributed by atoms with E-state index in [-0.39, 0.29) is 29.1 Å². The lowest BCUT2D eigenvalue weighted by molar-refractivity contribution is -0.124. The number of carbonyl (C=O) groups is 2. The molecule has 3 aromatic rings. The quantitative estimate of drug-likeness (QED) is 0.228. The number of halogens is 2. The molecule has 0 spiro atoms. The Morgan fingerprint density at radius 3 is 2.32 bits per heavy atom. The Labute approximate surface area is 249 Å². The maximum Gasteiger partial charge on any atom is 0.264 e. The number of ether oxygens (including phenoxy) is 1. The molecule has 12 heteroatoms. The van der Waals surface area contributed by atoms with Crippen LogP contribution in [0.25, 0.3) is 0 Å². The minimum Gasteiger partial charge on any atom is -0.484 e. The van der Waals surface area contributed by atoms with Gasteiger partial charge in [0.1, 0.15) is 12.3 Å². The molecule has 0 atom stereocenters. The second-order valence-corrected chi connectivity index (χ2v) is 12.2. The summed E-state index contributed by atoms with van der Waals surface area (Å²) in [5.41, 5.74) is 3.23. The zero-order valence-electron chi connectivity index (χ0n) is 22.1. The summed E-state index contributed by atoms with van der Waals surface area (Å²) < 4.78 is 33.3. The van der Waals surface area contributed by atoms with E-state index in [2.05, 4.69) is 15.8 Å². The predicted octanol–water partition coefficient (Wildman–Crippen LogP) is 5.17. The Balaban J connectivity index is 1.34. The van der Waals surface area contributed by atoms with Crippen molar-refractivity contribution in [2.45, 2.75) is 43.0 Å². The summed E-state index contributed by atoms with van der Waals surface area (Å²) in [5.74, 6) is -0.285. The predicted molar refractivity (Wildman–Crippen MR) is 160 cm³/mol. The molecular weight excluding hydrogens is 587 g/mol. The van der Waals surface area contributed by atoms with Gasteiger partial charge in [-0.15, -0.1) is 0 Å². The molecule has 2 N–H and O–H groups in total. The van der Waals surface area contributed by atoms with E-state index >= 15 is 0 Å². The van der Waals surface area contributed by atoms with E-state index in [0.29, 0.717) is 21.4 Å². The SMILES string of the molecule is O=C(CN(c1cccc(Cl)c1)S(=O)(=O)c1ccc(Cl)cc1)N/N=C\c1ccc(OCC(=O)NC2CCCCC2)cc1. The van der Waals surface area contributed by atoms with Gasteiger partial charge in [-0.2, -0.15) is 5.10 Å². The van der Waals surface area contributed by atoms with Gasteiger partial charge in [0.15, 0.2) is 6.61 Å². The number of carbonyl (C=O) groups excluding carboxylic acids is 2. The molecule has 216 valence electrons. The zero-order chi connectivity index (χ0) is 29.2. The number of benzene rings is 3. The van der Waals surface area contributed by atoms with Crippen molar-refractivity contribution < 1.29 is 22.7 Å². The molecule has 0 aliphatic heterocycles. The van der Waals surface area contributed by atoms with Crippen LogP contribution < -0.4 is 19.8 Å². The van der Waals surface area contributed by atoms with Crippen LogP contribution in [0, 0.1) is 0 Å². The van der Waals surface area contributed by atoms with Crippen molar-refractivity contribution in [1.82, 2.24) is 10.7 Å². The van der Waals surface area contributed by atoms with Gasteiger partial charge in [-0.25, -0.2) is 13.8 Å². The molecule has 0 heterocycles. The fourth-order valence-electron chi connectivity index (χ4n) is 4.34. The van der Waals surface area contributed by atoms with Crippen LogP contribution in [-0.2, 0) is 19.6 Å². The van der Waals surface area contributed by atoms with Crippen molar-refractivity contribution in [3.63, 3.8) is 0 Å². The highest BCUT2D eigenvalue weighted by Gasteiger charge is 2.27. The Morgan fingerprint density at radius 1 is 0.927 bits per heavy atom. The van der Waals surface area contributed by atoms with Crippen LogP contribution >= 0.6 is 23.2 Å². The summed E-state index contributed by atoms with van der Waals surface area (Å²) >= 11 is 12.0. The van der Waals surface area contributed by atoms with Crippen LogP contribution in [0.4, 0.5) is 5.69 Å². The third-order valence-electron chi connectivity index (χ3n) is 6.41. The van der Waals surface area contributed by atoms with Crippen LogP contribution in [-0.4, -0.2) is 45.6 Å². The molecule has 9 nitrogen and oxygen atoms in total. The molecule has 3 aromatic carbocycles. The van der Waals surface area contributed by atoms with Crippen LogP contribution in [0.1, 0.15) is 37.7 Å². The van der Waals surface area contributed by atoms with Crippen LogP contribution in [0.5, 0.6) is 5.75 Å². The molecule has 0 radical (unpaired) electrons. The van der Waals surface area contributed by atoms with Gasteiger partial charge in [0, 0.05) is 16.1 Å². The van der Waals surface area contributed by atoms with Gasteiger partial charge in [-0.1, -0.05) is 48.5 Å². The molecule has 0 saturated heterocycles. The minimum absolute atomic E-state index is 0.0352. The Bertz CT molecular complexity index is 1480. The van der Waals surface area contributed by atoms with E-state index in [1.54, 1.807) is 42.5 Å². The number of hydrogen-bond acceptors (Lipinski definition) is 6. The first kappa shape index (κ1) is 30.4. The summed E-state index contributed by atoms with van der Waals surface area (Å²) in [6, 6.07) is 18.9. The van der Waals surface area contributed by atoms with Crippen LogP contribution in [0.2, 0.25) is 10.0 Å². The topological polar surface area (TPSA) is 117 Å². The standard InChI is InChI=1S/C29H30Cl2N4O5S/c30-22-11-15-27(16-12-22)41(38,39)35(25-8-4-5-23(31)17-25)19-28(36)34-32-18-21-9-13-26(14-10-21)40-20-29(37)33-24-6-2-1-3-7-24/h4-5,8-18,24H,1-3,6-7,19-20H2,(H,33,37)(H,34,36)/b32-18-. The molecule has 41 heavy (non-hydrogen) atoms. The second-order valence-electron chi connectivity index (χ2n) is 9.50. The molecular formula is C29H30Cl2N4O5S. The van der Waals surface area contributed by atoms with Gasteiger partial charge < -0.3 is 10.1 Å². The third kappa shape index (κ3) is 8.94. The first-order valence-corrected chi connectivity index (χ1v) is 15.3. The highest BCUT2D eigenvalue weighted by Crippen LogP contribution is 2.27. The first-order chi connectivity index (χ1) is 19.7. The average Bonchev–Trinajstić information content (AvgIpc) is 2.96. The second kappa shape index (κ2) is 14.3. The third-order valence-corrected chi connectivity index (χ3v) is 8.68. The van der Waals surface area contributed by atoms with Gasteiger partial charge in [-0.05, 0) is 85.1 Å². The summed E-state index contributed by atoms with van der Waals surface area (Å²) in [7, 11) is -4.12. The van der Waals surface area contributed by atoms with Gasteiger partial charge in [0.2, 0.25) is 0 Å². The van der Waals surface area contributed by atoms with Crippen LogP contribution in [0.15, 0.2) is 82.8 Å². The number of nitrogens with zero attached hydrogens (tertiary/aromatic N) is 2. The van der Waals surface area contributed by atoms with Crippen molar-refractivity contribution in [3.05, 3.63) is 88.4 Å². The van der Waals surface area contributed by atoms with Gasteiger partial charge in [-0.3, -0.25) is 13.9 Å². The van der Waals surface area contributed by atoms with E-state index in [1.165, 1.54) is 43.0 Å². The number of hydrazone groups is 1. The smallest absolute Gasteiger partial charge is 0.264 e. The lowest BCUT2D eigenvalue weighted by Gasteiger charge is -2.23. The summed E-state index contributed by atoms with van der Waals surface area (Å²) in [6.45, 7) is -0.611. The molecule has 1 saturated carbocycles. The summed E-state index contributed by atoms with van der Waals surface area (Å²) in [6.07, 6.45) is 6.92. The molecule has 1 fully saturated rings. The maximum atomic E-state index is 13.4. The number of anilines is 1. The normalized spacial score (nSPS) is 14.0. The number of amides is 2. The lowest BCUT2D eigenvalue weighted by Crippen LogP contribution is -2.39. The average molecular weight is 618 g/mol. The number of sulfonamides is 1. The molecule has 0 bridgehead atoms. The lowest BCUT2D eigenvalue weighted by atomic mass is 9.95. The van der Waals surface area contributed by atoms with Crippen molar-refractivity contribution in [2.24, 2.45) is 5.10 Å². The minimum atomic E-state index is -4.12. The van der Waals surface area contributed by atoms with Gasteiger partial charge >= 0.3 is 0 Å². The highest BCUT2D eigenvalue weighted by molar-refractivity contribution is 7.92. The largest absolute Gasteiger partial charge is 0.484 e. The fraction of sp³-hybridized carbons (Fsp3) is 0.276. The Kier molecular flexibility index (Phi) is 10.6. The molecule has 1 aliphatic rings. The van der Waals surface area contributed by atoms with Crippen LogP contribution in [0.3, 0.4) is 0 Å². The number of nitrogens with one attached hydrogen (secondary N) is 2. The van der Waals surface area contributed by atoms with Gasteiger partial charge in [0.25, 0.3) is 21.8 Å². The number of hydrogen-bond donors (Lipinski definition) is 2. The van der Waals surface area contributed by atoms with E-state index in [9.17, 15) is 18.0 Å². The highest BCUT2D eigenvalue weighted by atomic mass is 35.5. The van der Waals surface area contributed by atoms with E-state index < -0.39 is 22.5 Å². The first-order valence-electron chi connectivity index (χ1n) is 13.1. The fourth-order valence-corrected chi connectivity index (χ4v) is 6.06. The molecule has 1 aliphatic carbocycles. The van der Waals surface area contributed by atoms with Gasteiger partial charge in [0.05, 0.1) is 16.8 Å². The molecule has 0 unspecified atom stereocenters. The maximum absolute atomic E-state index is 13.4. The van der Waals surface area contributed by atoms with Crippen molar-refractivity contribution >= 4 is 56.9 Å². The van der Waals surface area contributed by atoms with Crippen molar-refractivity contribution in [2.75, 3.05) is 17.5 Å². The van der Waals surface area contributed by atoms with Crippen molar-refractivity contribution in [1.29, 1.82) is 0 Å². The molecule has 2 amide bonds. The van der Waals surface area contributed by atoms with E-state index in [0.717, 1.165) is 30.0 Å². The molecule has 4 rings (SSSR count). The Morgan fingerprint density at radius 2 is 1.63 bits per heavy atom. The summed E-state index contributed by atoms with van der Waals surface area (Å²) in [5, 5.41) is 7.65. The number of rotatable bonds is 11. The Hall–Kier alpha value is -3.60. The van der Waals surface area contributed by atoms with Crippen molar-refractivity contribution in [3.8, 4) is 5.75 Å². The molecule has 0 aromatic heterocycles. The summed E-state index contributed by atoms with van der Waals surface area (Å²) in [4.78, 5) is 24.8. The monoisotopic (exact) mass is 616 g/mol.